The second kappa shape index (κ2) is 22.0. The first-order chi connectivity index (χ1) is 29.8. The Morgan fingerprint density at radius 3 is 1.52 bits per heavy atom. The van der Waals surface area contributed by atoms with Crippen molar-refractivity contribution in [1.29, 1.82) is 0 Å². The molecule has 0 unspecified atom stereocenters. The van der Waals surface area contributed by atoms with Gasteiger partial charge in [0.15, 0.2) is 18.4 Å². The van der Waals surface area contributed by atoms with Gasteiger partial charge in [-0.25, -0.2) is 19.2 Å². The Balaban J connectivity index is 0.000000997. The van der Waals surface area contributed by atoms with Crippen LogP contribution in [0.5, 0.6) is 0 Å². The van der Waals surface area contributed by atoms with E-state index in [1.54, 1.807) is 111 Å². The van der Waals surface area contributed by atoms with E-state index < -0.39 is 66.2 Å². The fraction of sp³-hybridized carbons (Fsp3) is 0.102. The topological polar surface area (TPSA) is 149 Å². The number of aromatic nitrogens is 2. The van der Waals surface area contributed by atoms with Gasteiger partial charge in [-0.05, 0) is 106 Å². The molecule has 0 amide bonds. The van der Waals surface area contributed by atoms with Gasteiger partial charge in [0.1, 0.15) is 18.3 Å². The number of carbonyl (C=O) groups is 4. The molecule has 12 nitrogen and oxygen atoms in total. The summed E-state index contributed by atoms with van der Waals surface area (Å²) < 4.78 is 25.3. The molecule has 1 aromatic heterocycles. The molecule has 0 bridgehead atoms. The minimum absolute atomic E-state index is 0. The van der Waals surface area contributed by atoms with Gasteiger partial charge in [-0.2, -0.15) is 4.57 Å². The molecule has 1 aliphatic heterocycles. The molecule has 2 aliphatic carbocycles. The van der Waals surface area contributed by atoms with Crippen molar-refractivity contribution in [2.45, 2.75) is 24.5 Å². The third-order valence-corrected chi connectivity index (χ3v) is 9.35. The quantitative estimate of drug-likeness (QED) is 0.0785. The van der Waals surface area contributed by atoms with E-state index >= 15 is 0 Å². The molecule has 5 aromatic rings. The second-order valence-corrected chi connectivity index (χ2v) is 13.4. The van der Waals surface area contributed by atoms with Crippen molar-refractivity contribution in [2.24, 2.45) is 0 Å². The molecular weight excluding hydrogens is 832 g/mol. The van der Waals surface area contributed by atoms with E-state index in [2.05, 4.69) is 11.8 Å². The summed E-state index contributed by atoms with van der Waals surface area (Å²) in [6, 6.07) is 31.7. The van der Waals surface area contributed by atoms with Crippen molar-refractivity contribution in [3.63, 3.8) is 0 Å². The van der Waals surface area contributed by atoms with Crippen LogP contribution in [-0.2, 0) is 36.0 Å². The fourth-order valence-electron chi connectivity index (χ4n) is 6.33. The number of hydrogen-bond donors (Lipinski definition) is 0. The first kappa shape index (κ1) is 45.2. The van der Waals surface area contributed by atoms with Crippen molar-refractivity contribution >= 4 is 23.8 Å². The van der Waals surface area contributed by atoms with Crippen LogP contribution < -0.4 is 11.2 Å². The molecule has 308 valence electrons. The SMILES string of the molecule is O=C(OC[C@H]1O[C@@H](n2cc(C#C[C]3[CH][CH][CH][CH]3)c(=O)n(C(=O)c3ccccc3)c2=O)[C@H](OC(=O)c2ccccc2)[C@@H]1OC(=O)c1ccccc1)c1ccccc1.[CH]1[CH][CH][CH][CH]1.[Fe+2]. The van der Waals surface area contributed by atoms with Gasteiger partial charge in [0, 0.05) is 11.8 Å². The number of rotatable bonds is 9. The van der Waals surface area contributed by atoms with Gasteiger partial charge < -0.3 is 18.9 Å². The molecule has 13 heteroatoms. The molecule has 10 radical (unpaired) electrons. The Hall–Kier alpha value is -6.32. The van der Waals surface area contributed by atoms with Crippen molar-refractivity contribution < 1.29 is 55.2 Å². The van der Waals surface area contributed by atoms with Crippen LogP contribution in [0.3, 0.4) is 0 Å². The number of ether oxygens (including phenoxy) is 4. The molecule has 0 spiro atoms. The largest absolute Gasteiger partial charge is 2.00 e. The predicted octanol–water partition coefficient (Wildman–Crippen LogP) is 5.68. The molecule has 3 aliphatic rings. The van der Waals surface area contributed by atoms with Crippen molar-refractivity contribution in [3.05, 3.63) is 240 Å². The molecular formula is C49H36FeN2O10+2. The molecule has 1 saturated heterocycles. The Morgan fingerprint density at radius 2 is 1.02 bits per heavy atom. The predicted molar refractivity (Wildman–Crippen MR) is 222 cm³/mol. The van der Waals surface area contributed by atoms with Gasteiger partial charge in [-0.3, -0.25) is 14.2 Å². The van der Waals surface area contributed by atoms with Gasteiger partial charge in [-0.15, -0.1) is 0 Å². The van der Waals surface area contributed by atoms with Crippen molar-refractivity contribution in [3.8, 4) is 11.8 Å². The summed E-state index contributed by atoms with van der Waals surface area (Å²) in [7, 11) is 0. The van der Waals surface area contributed by atoms with Crippen LogP contribution in [-0.4, -0.2) is 57.9 Å². The van der Waals surface area contributed by atoms with Crippen LogP contribution in [0.1, 0.15) is 53.2 Å². The number of carbonyl (C=O) groups excluding carboxylic acids is 4. The van der Waals surface area contributed by atoms with Gasteiger partial charge in [0.05, 0.1) is 22.6 Å². The molecule has 2 saturated carbocycles. The number of hydrogen-bond acceptors (Lipinski definition) is 10. The van der Waals surface area contributed by atoms with E-state index in [-0.39, 0.29) is 44.9 Å². The molecule has 4 aromatic carbocycles. The number of benzene rings is 4. The van der Waals surface area contributed by atoms with Crippen molar-refractivity contribution in [1.82, 2.24) is 9.13 Å². The van der Waals surface area contributed by atoms with Gasteiger partial charge in [0.2, 0.25) is 0 Å². The summed E-state index contributed by atoms with van der Waals surface area (Å²) in [5.74, 6) is 2.78. The maximum atomic E-state index is 14.4. The molecule has 2 heterocycles. The van der Waals surface area contributed by atoms with Crippen LogP contribution in [0.2, 0.25) is 0 Å². The van der Waals surface area contributed by atoms with E-state index in [4.69, 9.17) is 18.9 Å². The van der Waals surface area contributed by atoms with Crippen LogP contribution in [0.4, 0.5) is 0 Å². The Morgan fingerprint density at radius 1 is 0.565 bits per heavy atom. The van der Waals surface area contributed by atoms with Gasteiger partial charge in [-0.1, -0.05) is 84.6 Å². The minimum atomic E-state index is -1.65. The fourth-order valence-corrected chi connectivity index (χ4v) is 6.33. The third-order valence-electron chi connectivity index (χ3n) is 9.35. The van der Waals surface area contributed by atoms with Crippen LogP contribution in [0, 0.1) is 75.5 Å². The van der Waals surface area contributed by atoms with Crippen LogP contribution >= 0.6 is 0 Å². The average Bonchev–Trinajstić information content (AvgIpc) is 4.12. The zero-order chi connectivity index (χ0) is 42.6. The van der Waals surface area contributed by atoms with E-state index in [9.17, 15) is 28.8 Å². The maximum absolute atomic E-state index is 14.4. The minimum Gasteiger partial charge on any atom is -0.459 e. The number of nitrogens with zero attached hydrogens (tertiary/aromatic N) is 2. The Labute approximate surface area is 369 Å². The maximum Gasteiger partial charge on any atom is 2.00 e. The van der Waals surface area contributed by atoms with E-state index in [1.807, 2.05) is 32.1 Å². The first-order valence-corrected chi connectivity index (χ1v) is 19.1. The van der Waals surface area contributed by atoms with Gasteiger partial charge >= 0.3 is 40.7 Å². The third kappa shape index (κ3) is 11.1. The summed E-state index contributed by atoms with van der Waals surface area (Å²) in [5.41, 5.74) is -1.92. The summed E-state index contributed by atoms with van der Waals surface area (Å²) >= 11 is 0. The van der Waals surface area contributed by atoms with Crippen molar-refractivity contribution in [2.75, 3.05) is 6.61 Å². The van der Waals surface area contributed by atoms with Crippen LogP contribution in [0.15, 0.2) is 137 Å². The summed E-state index contributed by atoms with van der Waals surface area (Å²) in [5, 5.41) is 0. The molecule has 62 heavy (non-hydrogen) atoms. The Bertz CT molecular complexity index is 2480. The van der Waals surface area contributed by atoms with E-state index in [0.717, 1.165) is 10.8 Å². The van der Waals surface area contributed by atoms with E-state index in [1.165, 1.54) is 36.4 Å². The van der Waals surface area contributed by atoms with Gasteiger partial charge in [0.25, 0.3) is 11.5 Å². The summed E-state index contributed by atoms with van der Waals surface area (Å²) in [6.07, 6.45) is 11.9. The molecule has 8 rings (SSSR count). The number of esters is 3. The average molecular weight is 869 g/mol. The normalized spacial score (nSPS) is 19.1. The monoisotopic (exact) mass is 868 g/mol. The van der Waals surface area contributed by atoms with E-state index in [0.29, 0.717) is 10.5 Å². The molecule has 4 atom stereocenters. The summed E-state index contributed by atoms with van der Waals surface area (Å²) in [4.78, 5) is 82.6. The Kier molecular flexibility index (Phi) is 16.0. The zero-order valence-electron chi connectivity index (χ0n) is 32.7. The zero-order valence-corrected chi connectivity index (χ0v) is 33.8. The van der Waals surface area contributed by atoms with Crippen LogP contribution in [0.25, 0.3) is 0 Å². The molecule has 3 fully saturated rings. The smallest absolute Gasteiger partial charge is 0.459 e. The first-order valence-electron chi connectivity index (χ1n) is 19.1. The second-order valence-electron chi connectivity index (χ2n) is 13.4. The summed E-state index contributed by atoms with van der Waals surface area (Å²) in [6.45, 7) is -0.530. The standard InChI is InChI=1S/C44H31N2O10.C5H5.Fe/c47-38(30-17-5-1-6-18-30)46-39(48)34(26-25-29-15-13-14-16-29)27-45(44(46)52)40-37(56-43(51)33-23-11-4-12-24-33)36(55-42(50)32-21-9-3-10-22-32)35(54-40)28-53-41(49)31-19-7-2-8-20-31;1-2-4-5-3-1;/h1-24,27,35-37,40H,28H2;1-5H;/q;;+2/t35-,36-,37-,40-;;/m1../s1. The molecule has 0 N–H and O–H groups in total.